The molecule has 0 N–H and O–H groups in total. The van der Waals surface area contributed by atoms with Gasteiger partial charge in [0.1, 0.15) is 16.5 Å². The van der Waals surface area contributed by atoms with Crippen LogP contribution >= 0.6 is 0 Å². The van der Waals surface area contributed by atoms with Crippen LogP contribution in [0.4, 0.5) is 17.6 Å². The second kappa shape index (κ2) is 7.40. The van der Waals surface area contributed by atoms with Crippen molar-refractivity contribution in [2.75, 3.05) is 13.7 Å². The summed E-state index contributed by atoms with van der Waals surface area (Å²) in [6, 6.07) is 7.32. The highest BCUT2D eigenvalue weighted by Gasteiger charge is 2.35. The van der Waals surface area contributed by atoms with E-state index in [9.17, 15) is 26.0 Å². The summed E-state index contributed by atoms with van der Waals surface area (Å²) in [5, 5.41) is 0. The molecular weight excluding hydrogens is 364 g/mol. The quantitative estimate of drug-likeness (QED) is 0.567. The van der Waals surface area contributed by atoms with Gasteiger partial charge in [-0.1, -0.05) is 12.1 Å². The second-order valence-electron chi connectivity index (χ2n) is 5.06. The molecule has 0 radical (unpaired) electrons. The van der Waals surface area contributed by atoms with Gasteiger partial charge in [-0.25, -0.2) is 4.39 Å². The molecule has 0 aromatic heterocycles. The van der Waals surface area contributed by atoms with E-state index in [1.807, 2.05) is 0 Å². The van der Waals surface area contributed by atoms with Gasteiger partial charge >= 0.3 is 16.3 Å². The summed E-state index contributed by atoms with van der Waals surface area (Å²) in [6.45, 7) is 0.480. The minimum Gasteiger partial charge on any atom is -0.384 e. The van der Waals surface area contributed by atoms with E-state index in [1.54, 1.807) is 19.2 Å². The van der Waals surface area contributed by atoms with E-state index in [0.29, 0.717) is 25.2 Å². The summed E-state index contributed by atoms with van der Waals surface area (Å²) in [6.07, 6.45) is -4.41. The summed E-state index contributed by atoms with van der Waals surface area (Å²) in [4.78, 5) is -0.787. The zero-order valence-electron chi connectivity index (χ0n) is 13.0. The lowest BCUT2D eigenvalue weighted by atomic mass is 10.1. The molecule has 9 heteroatoms. The Labute approximate surface area is 142 Å². The number of ether oxygens (including phenoxy) is 1. The predicted molar refractivity (Wildman–Crippen MR) is 81.2 cm³/mol. The lowest BCUT2D eigenvalue weighted by Crippen LogP contribution is -2.14. The molecule has 0 aliphatic heterocycles. The number of hydrogen-bond acceptors (Lipinski definition) is 4. The third-order valence-corrected chi connectivity index (χ3v) is 4.50. The number of alkyl halides is 3. The SMILES string of the molecule is COCCc1ccc(OS(=O)(=O)c2ccc(F)c(C(F)(F)F)c2)cc1. The number of rotatable bonds is 6. The fraction of sp³-hybridized carbons (Fsp3) is 0.250. The van der Waals surface area contributed by atoms with Crippen molar-refractivity contribution in [2.45, 2.75) is 17.5 Å². The van der Waals surface area contributed by atoms with Gasteiger partial charge in [-0.15, -0.1) is 0 Å². The van der Waals surface area contributed by atoms with Gasteiger partial charge < -0.3 is 8.92 Å². The van der Waals surface area contributed by atoms with Gasteiger partial charge in [0.05, 0.1) is 12.2 Å². The number of benzene rings is 2. The molecule has 25 heavy (non-hydrogen) atoms. The van der Waals surface area contributed by atoms with Crippen LogP contribution in [0.2, 0.25) is 0 Å². The zero-order valence-corrected chi connectivity index (χ0v) is 13.8. The molecule has 0 aliphatic carbocycles. The molecule has 0 saturated carbocycles. The molecule has 0 bridgehead atoms. The van der Waals surface area contributed by atoms with Crippen LogP contribution in [0.25, 0.3) is 0 Å². The first-order valence-electron chi connectivity index (χ1n) is 7.02. The molecule has 136 valence electrons. The molecule has 0 fully saturated rings. The summed E-state index contributed by atoms with van der Waals surface area (Å²) >= 11 is 0. The predicted octanol–water partition coefficient (Wildman–Crippen LogP) is 3.80. The highest BCUT2D eigenvalue weighted by Crippen LogP contribution is 2.33. The van der Waals surface area contributed by atoms with E-state index in [1.165, 1.54) is 12.1 Å². The van der Waals surface area contributed by atoms with E-state index >= 15 is 0 Å². The molecule has 0 spiro atoms. The molecule has 0 amide bonds. The molecular formula is C16H14F4O4S. The minimum absolute atomic E-state index is 0.0703. The summed E-state index contributed by atoms with van der Waals surface area (Å²) in [5.74, 6) is -1.63. The standard InChI is InChI=1S/C16H14F4O4S/c1-23-9-8-11-2-4-12(5-3-11)24-25(21,22)13-6-7-15(17)14(10-13)16(18,19)20/h2-7,10H,8-9H2,1H3. The number of halogens is 4. The molecule has 0 aliphatic rings. The Morgan fingerprint density at radius 3 is 2.24 bits per heavy atom. The van der Waals surface area contributed by atoms with Gasteiger partial charge in [0.15, 0.2) is 0 Å². The highest BCUT2D eigenvalue weighted by molar-refractivity contribution is 7.87. The van der Waals surface area contributed by atoms with Crippen molar-refractivity contribution in [3.8, 4) is 5.75 Å². The molecule has 2 aromatic rings. The lowest BCUT2D eigenvalue weighted by Gasteiger charge is -2.11. The monoisotopic (exact) mass is 378 g/mol. The fourth-order valence-corrected chi connectivity index (χ4v) is 2.94. The van der Waals surface area contributed by atoms with Crippen molar-refractivity contribution >= 4 is 10.1 Å². The lowest BCUT2D eigenvalue weighted by molar-refractivity contribution is -0.140. The molecule has 0 unspecified atom stereocenters. The van der Waals surface area contributed by atoms with Gasteiger partial charge in [0.25, 0.3) is 0 Å². The van der Waals surface area contributed by atoms with E-state index in [0.717, 1.165) is 5.56 Å². The number of methoxy groups -OCH3 is 1. The molecule has 2 rings (SSSR count). The van der Waals surface area contributed by atoms with Gasteiger partial charge in [-0.05, 0) is 42.3 Å². The smallest absolute Gasteiger partial charge is 0.384 e. The average Bonchev–Trinajstić information content (AvgIpc) is 2.53. The van der Waals surface area contributed by atoms with Crippen molar-refractivity contribution in [3.63, 3.8) is 0 Å². The zero-order chi connectivity index (χ0) is 18.7. The molecule has 2 aromatic carbocycles. The van der Waals surface area contributed by atoms with Gasteiger partial charge in [-0.2, -0.15) is 21.6 Å². The fourth-order valence-electron chi connectivity index (χ4n) is 1.98. The molecule has 0 saturated heterocycles. The maximum atomic E-state index is 13.3. The first-order valence-corrected chi connectivity index (χ1v) is 8.43. The van der Waals surface area contributed by atoms with Crippen molar-refractivity contribution < 1.29 is 34.9 Å². The summed E-state index contributed by atoms with van der Waals surface area (Å²) < 4.78 is 85.3. The van der Waals surface area contributed by atoms with Crippen molar-refractivity contribution in [2.24, 2.45) is 0 Å². The third-order valence-electron chi connectivity index (χ3n) is 3.26. The highest BCUT2D eigenvalue weighted by atomic mass is 32.2. The third kappa shape index (κ3) is 4.93. The Bertz CT molecular complexity index is 830. The van der Waals surface area contributed by atoms with Gasteiger partial charge in [0.2, 0.25) is 0 Å². The van der Waals surface area contributed by atoms with Crippen LogP contribution < -0.4 is 4.18 Å². The maximum Gasteiger partial charge on any atom is 0.419 e. The van der Waals surface area contributed by atoms with Crippen LogP contribution in [-0.2, 0) is 27.5 Å². The summed E-state index contributed by atoms with van der Waals surface area (Å²) in [5.41, 5.74) is -0.806. The first-order chi connectivity index (χ1) is 11.6. The Hall–Kier alpha value is -2.13. The Morgan fingerprint density at radius 2 is 1.68 bits per heavy atom. The van der Waals surface area contributed by atoms with Crippen LogP contribution in [0.3, 0.4) is 0 Å². The molecule has 0 heterocycles. The van der Waals surface area contributed by atoms with Crippen molar-refractivity contribution in [1.82, 2.24) is 0 Å². The average molecular weight is 378 g/mol. The van der Waals surface area contributed by atoms with Gasteiger partial charge in [-0.3, -0.25) is 0 Å². The van der Waals surface area contributed by atoms with Crippen molar-refractivity contribution in [1.29, 1.82) is 0 Å². The van der Waals surface area contributed by atoms with Crippen LogP contribution in [0, 0.1) is 5.82 Å². The van der Waals surface area contributed by atoms with E-state index in [-0.39, 0.29) is 11.8 Å². The summed E-state index contributed by atoms with van der Waals surface area (Å²) in [7, 11) is -2.99. The van der Waals surface area contributed by atoms with Crippen LogP contribution in [0.1, 0.15) is 11.1 Å². The molecule has 0 atom stereocenters. The normalized spacial score (nSPS) is 12.2. The molecule has 4 nitrogen and oxygen atoms in total. The Balaban J connectivity index is 2.24. The maximum absolute atomic E-state index is 13.3. The first kappa shape index (κ1) is 19.2. The Kier molecular flexibility index (Phi) is 5.69. The minimum atomic E-state index is -5.02. The van der Waals surface area contributed by atoms with Crippen molar-refractivity contribution in [3.05, 3.63) is 59.4 Å². The van der Waals surface area contributed by atoms with Crippen LogP contribution in [0.15, 0.2) is 47.4 Å². The number of hydrogen-bond donors (Lipinski definition) is 0. The largest absolute Gasteiger partial charge is 0.419 e. The van der Waals surface area contributed by atoms with E-state index in [2.05, 4.69) is 0 Å². The van der Waals surface area contributed by atoms with Crippen LogP contribution in [0.5, 0.6) is 5.75 Å². The van der Waals surface area contributed by atoms with E-state index in [4.69, 9.17) is 8.92 Å². The van der Waals surface area contributed by atoms with E-state index < -0.39 is 32.6 Å². The van der Waals surface area contributed by atoms with Crippen LogP contribution in [-0.4, -0.2) is 22.1 Å². The second-order valence-corrected chi connectivity index (χ2v) is 6.61. The topological polar surface area (TPSA) is 52.6 Å². The Morgan fingerprint density at radius 1 is 1.04 bits per heavy atom. The van der Waals surface area contributed by atoms with Gasteiger partial charge in [0, 0.05) is 7.11 Å².